The van der Waals surface area contributed by atoms with Crippen LogP contribution in [0.5, 0.6) is 0 Å². The molecule has 80 valence electrons. The summed E-state index contributed by atoms with van der Waals surface area (Å²) in [6.07, 6.45) is 2.83. The second-order valence-electron chi connectivity index (χ2n) is 4.39. The first-order chi connectivity index (χ1) is 6.52. The third-order valence-corrected chi connectivity index (χ3v) is 2.42. The lowest BCUT2D eigenvalue weighted by molar-refractivity contribution is 0.343. The van der Waals surface area contributed by atoms with Crippen LogP contribution < -0.4 is 5.32 Å². The molecule has 14 heavy (non-hydrogen) atoms. The van der Waals surface area contributed by atoms with Gasteiger partial charge in [0.15, 0.2) is 0 Å². The molecule has 0 aliphatic carbocycles. The van der Waals surface area contributed by atoms with Gasteiger partial charge in [0.05, 0.1) is 12.1 Å². The zero-order valence-electron chi connectivity index (χ0n) is 9.75. The fourth-order valence-corrected chi connectivity index (χ4v) is 1.32. The molecule has 0 fully saturated rings. The monoisotopic (exact) mass is 194 g/mol. The molecular formula is C12H22N2. The van der Waals surface area contributed by atoms with E-state index in [1.165, 1.54) is 0 Å². The molecule has 0 bridgehead atoms. The van der Waals surface area contributed by atoms with Crippen LogP contribution in [-0.2, 0) is 0 Å². The van der Waals surface area contributed by atoms with E-state index in [1.807, 2.05) is 6.08 Å². The zero-order chi connectivity index (χ0) is 11.1. The first-order valence-corrected chi connectivity index (χ1v) is 5.29. The van der Waals surface area contributed by atoms with Gasteiger partial charge in [-0.25, -0.2) is 0 Å². The summed E-state index contributed by atoms with van der Waals surface area (Å²) in [7, 11) is 0. The van der Waals surface area contributed by atoms with Crippen molar-refractivity contribution in [1.82, 2.24) is 5.32 Å². The summed E-state index contributed by atoms with van der Waals surface area (Å²) in [4.78, 5) is 0. The van der Waals surface area contributed by atoms with Gasteiger partial charge < -0.3 is 0 Å². The highest BCUT2D eigenvalue weighted by Crippen LogP contribution is 2.10. The van der Waals surface area contributed by atoms with E-state index in [0.717, 1.165) is 6.42 Å². The van der Waals surface area contributed by atoms with Crippen molar-refractivity contribution in [2.75, 3.05) is 0 Å². The second kappa shape index (κ2) is 6.62. The van der Waals surface area contributed by atoms with Crippen LogP contribution in [0.15, 0.2) is 12.7 Å². The van der Waals surface area contributed by atoms with E-state index in [2.05, 4.69) is 45.7 Å². The highest BCUT2D eigenvalue weighted by atomic mass is 15.0. The van der Waals surface area contributed by atoms with E-state index in [1.54, 1.807) is 0 Å². The lowest BCUT2D eigenvalue weighted by Crippen LogP contribution is -2.43. The quantitative estimate of drug-likeness (QED) is 0.660. The number of nitriles is 1. The summed E-state index contributed by atoms with van der Waals surface area (Å²) >= 11 is 0. The third kappa shape index (κ3) is 4.43. The smallest absolute Gasteiger partial charge is 0.0978 e. The maximum atomic E-state index is 8.96. The molecule has 0 spiro atoms. The van der Waals surface area contributed by atoms with E-state index < -0.39 is 0 Å². The van der Waals surface area contributed by atoms with Crippen molar-refractivity contribution in [1.29, 1.82) is 5.26 Å². The summed E-state index contributed by atoms with van der Waals surface area (Å²) in [6, 6.07) is 2.61. The Morgan fingerprint density at radius 2 is 1.86 bits per heavy atom. The van der Waals surface area contributed by atoms with Crippen LogP contribution in [0.25, 0.3) is 0 Å². The molecule has 0 amide bonds. The van der Waals surface area contributed by atoms with Crippen LogP contribution in [0.2, 0.25) is 0 Å². The Morgan fingerprint density at radius 3 is 2.14 bits per heavy atom. The predicted octanol–water partition coefficient (Wildman–Crippen LogP) is 2.72. The topological polar surface area (TPSA) is 35.8 Å². The van der Waals surface area contributed by atoms with Crippen molar-refractivity contribution in [2.45, 2.75) is 46.2 Å². The van der Waals surface area contributed by atoms with Crippen molar-refractivity contribution in [2.24, 2.45) is 11.8 Å². The van der Waals surface area contributed by atoms with E-state index in [0.29, 0.717) is 17.9 Å². The minimum atomic E-state index is -0.0534. The number of nitrogens with zero attached hydrogens (tertiary/aromatic N) is 1. The number of hydrogen-bond donors (Lipinski definition) is 1. The molecule has 0 heterocycles. The maximum Gasteiger partial charge on any atom is 0.0978 e. The van der Waals surface area contributed by atoms with Gasteiger partial charge in [-0.1, -0.05) is 33.8 Å². The van der Waals surface area contributed by atoms with Gasteiger partial charge in [-0.15, -0.1) is 6.58 Å². The zero-order valence-corrected chi connectivity index (χ0v) is 9.75. The molecule has 2 unspecified atom stereocenters. The highest BCUT2D eigenvalue weighted by Gasteiger charge is 2.18. The van der Waals surface area contributed by atoms with Gasteiger partial charge in [0.1, 0.15) is 0 Å². The number of hydrogen-bond acceptors (Lipinski definition) is 2. The predicted molar refractivity (Wildman–Crippen MR) is 60.8 cm³/mol. The maximum absolute atomic E-state index is 8.96. The van der Waals surface area contributed by atoms with Crippen LogP contribution in [0.1, 0.15) is 34.1 Å². The Labute approximate surface area is 88.0 Å². The summed E-state index contributed by atoms with van der Waals surface area (Å²) in [6.45, 7) is 12.2. The normalized spacial score (nSPS) is 15.2. The minimum absolute atomic E-state index is 0.0534. The average Bonchev–Trinajstić information content (AvgIpc) is 2.11. The first kappa shape index (κ1) is 13.2. The fraction of sp³-hybridized carbons (Fsp3) is 0.750. The molecule has 2 atom stereocenters. The molecule has 0 saturated carbocycles. The van der Waals surface area contributed by atoms with E-state index >= 15 is 0 Å². The lowest BCUT2D eigenvalue weighted by Gasteiger charge is -2.25. The first-order valence-electron chi connectivity index (χ1n) is 5.29. The molecule has 0 aromatic heterocycles. The molecule has 0 saturated heterocycles. The van der Waals surface area contributed by atoms with Gasteiger partial charge in [0, 0.05) is 6.04 Å². The van der Waals surface area contributed by atoms with E-state index in [9.17, 15) is 0 Å². The van der Waals surface area contributed by atoms with Gasteiger partial charge >= 0.3 is 0 Å². The molecular weight excluding hydrogens is 172 g/mol. The van der Waals surface area contributed by atoms with Crippen LogP contribution in [0, 0.1) is 23.2 Å². The van der Waals surface area contributed by atoms with Gasteiger partial charge in [0.25, 0.3) is 0 Å². The van der Waals surface area contributed by atoms with Gasteiger partial charge in [-0.3, -0.25) is 5.32 Å². The van der Waals surface area contributed by atoms with Crippen LogP contribution >= 0.6 is 0 Å². The lowest BCUT2D eigenvalue weighted by atomic mass is 9.97. The van der Waals surface area contributed by atoms with Gasteiger partial charge in [0.2, 0.25) is 0 Å². The van der Waals surface area contributed by atoms with Gasteiger partial charge in [-0.2, -0.15) is 5.26 Å². The molecule has 1 N–H and O–H groups in total. The Kier molecular flexibility index (Phi) is 6.23. The second-order valence-corrected chi connectivity index (χ2v) is 4.39. The molecule has 2 heteroatoms. The summed E-state index contributed by atoms with van der Waals surface area (Å²) in [5.41, 5.74) is 0. The summed E-state index contributed by atoms with van der Waals surface area (Å²) in [5.74, 6) is 0.883. The van der Waals surface area contributed by atoms with Crippen molar-refractivity contribution in [3.05, 3.63) is 12.7 Å². The van der Waals surface area contributed by atoms with Crippen LogP contribution in [0.3, 0.4) is 0 Å². The molecule has 2 nitrogen and oxygen atoms in total. The van der Waals surface area contributed by atoms with Gasteiger partial charge in [-0.05, 0) is 18.3 Å². The van der Waals surface area contributed by atoms with E-state index in [-0.39, 0.29) is 6.04 Å². The molecule has 0 rings (SSSR count). The number of rotatable bonds is 6. The number of nitrogens with one attached hydrogen (secondary N) is 1. The van der Waals surface area contributed by atoms with E-state index in [4.69, 9.17) is 5.26 Å². The molecule has 0 aromatic carbocycles. The summed E-state index contributed by atoms with van der Waals surface area (Å²) in [5, 5.41) is 12.3. The Morgan fingerprint density at radius 1 is 1.29 bits per heavy atom. The fourth-order valence-electron chi connectivity index (χ4n) is 1.32. The SMILES string of the molecule is C=CCC(NC(C#N)C(C)C)C(C)C. The third-order valence-electron chi connectivity index (χ3n) is 2.42. The molecule has 0 radical (unpaired) electrons. The average molecular weight is 194 g/mol. The largest absolute Gasteiger partial charge is 0.298 e. The minimum Gasteiger partial charge on any atom is -0.298 e. The molecule has 0 aliphatic rings. The highest BCUT2D eigenvalue weighted by molar-refractivity contribution is 4.95. The van der Waals surface area contributed by atoms with Crippen molar-refractivity contribution >= 4 is 0 Å². The van der Waals surface area contributed by atoms with Crippen LogP contribution in [0.4, 0.5) is 0 Å². The Hall–Kier alpha value is -0.810. The Bertz CT molecular complexity index is 201. The molecule has 0 aromatic rings. The summed E-state index contributed by atoms with van der Waals surface area (Å²) < 4.78 is 0. The van der Waals surface area contributed by atoms with Crippen molar-refractivity contribution in [3.8, 4) is 6.07 Å². The standard InChI is InChI=1S/C12H22N2/c1-6-7-11(9(2)3)14-12(8-13)10(4)5/h6,9-12,14H,1,7H2,2-5H3. The van der Waals surface area contributed by atoms with Crippen molar-refractivity contribution in [3.63, 3.8) is 0 Å². The van der Waals surface area contributed by atoms with Crippen LogP contribution in [-0.4, -0.2) is 12.1 Å². The Balaban J connectivity index is 4.27. The van der Waals surface area contributed by atoms with Crippen molar-refractivity contribution < 1.29 is 0 Å². The molecule has 0 aliphatic heterocycles.